The molecule has 0 saturated heterocycles. The summed E-state index contributed by atoms with van der Waals surface area (Å²) in [6.07, 6.45) is 0.681. The summed E-state index contributed by atoms with van der Waals surface area (Å²) in [5.74, 6) is -1.09. The molecule has 6 heteroatoms. The summed E-state index contributed by atoms with van der Waals surface area (Å²) in [5.41, 5.74) is 3.44. The van der Waals surface area contributed by atoms with Crippen molar-refractivity contribution >= 4 is 17.1 Å². The Morgan fingerprint density at radius 2 is 1.75 bits per heavy atom. The third kappa shape index (κ3) is 5.08. The van der Waals surface area contributed by atoms with Crippen LogP contribution in [0.4, 0.5) is 4.39 Å². The van der Waals surface area contributed by atoms with Gasteiger partial charge in [0.15, 0.2) is 11.7 Å². The fraction of sp³-hybridized carbons (Fsp3) is 0.115. The van der Waals surface area contributed by atoms with Crippen LogP contribution in [-0.4, -0.2) is 17.4 Å². The number of hydrogen-bond donors (Lipinski definition) is 0. The SMILES string of the molecule is N#CC(C(=O)COc1ccccc1Cc1ccccc1)c1nc(-c2ccc(F)cc2)cs1. The molecule has 0 amide bonds. The first kappa shape index (κ1) is 21.4. The van der Waals surface area contributed by atoms with Crippen molar-refractivity contribution in [3.63, 3.8) is 0 Å². The maximum absolute atomic E-state index is 13.2. The summed E-state index contributed by atoms with van der Waals surface area (Å²) in [7, 11) is 0. The van der Waals surface area contributed by atoms with E-state index in [9.17, 15) is 14.4 Å². The number of carbonyl (C=O) groups is 1. The molecule has 1 heterocycles. The number of nitrogens with zero attached hydrogens (tertiary/aromatic N) is 2. The summed E-state index contributed by atoms with van der Waals surface area (Å²) in [6, 6.07) is 25.5. The normalized spacial score (nSPS) is 11.5. The Labute approximate surface area is 189 Å². The lowest BCUT2D eigenvalue weighted by molar-refractivity contribution is -0.121. The first-order valence-corrected chi connectivity index (χ1v) is 10.9. The van der Waals surface area contributed by atoms with Gasteiger partial charge in [0.2, 0.25) is 0 Å². The molecule has 0 spiro atoms. The van der Waals surface area contributed by atoms with Gasteiger partial charge in [-0.25, -0.2) is 9.37 Å². The Morgan fingerprint density at radius 3 is 2.50 bits per heavy atom. The molecule has 1 atom stereocenters. The van der Waals surface area contributed by atoms with Crippen LogP contribution >= 0.6 is 11.3 Å². The van der Waals surface area contributed by atoms with Crippen LogP contribution in [0.25, 0.3) is 11.3 Å². The van der Waals surface area contributed by atoms with Crippen LogP contribution in [0.1, 0.15) is 22.1 Å². The Kier molecular flexibility index (Phi) is 6.69. The average Bonchev–Trinajstić information content (AvgIpc) is 3.30. The highest BCUT2D eigenvalue weighted by Gasteiger charge is 2.24. The van der Waals surface area contributed by atoms with E-state index in [4.69, 9.17) is 4.74 Å². The molecule has 32 heavy (non-hydrogen) atoms. The van der Waals surface area contributed by atoms with E-state index in [-0.39, 0.29) is 18.2 Å². The topological polar surface area (TPSA) is 63.0 Å². The minimum Gasteiger partial charge on any atom is -0.485 e. The summed E-state index contributed by atoms with van der Waals surface area (Å²) in [5, 5.41) is 11.8. The molecule has 158 valence electrons. The predicted molar refractivity (Wildman–Crippen MR) is 122 cm³/mol. The number of thiazole rings is 1. The molecule has 4 nitrogen and oxygen atoms in total. The molecule has 0 saturated carbocycles. The molecular weight excluding hydrogens is 423 g/mol. The molecule has 0 radical (unpaired) electrons. The number of carbonyl (C=O) groups excluding carboxylic acids is 1. The van der Waals surface area contributed by atoms with Crippen molar-refractivity contribution in [2.24, 2.45) is 0 Å². The number of rotatable bonds is 8. The molecule has 0 bridgehead atoms. The maximum atomic E-state index is 13.2. The number of Topliss-reactive ketones (excluding diaryl/α,β-unsaturated/α-hetero) is 1. The van der Waals surface area contributed by atoms with E-state index in [2.05, 4.69) is 4.98 Å². The van der Waals surface area contributed by atoms with Gasteiger partial charge in [-0.3, -0.25) is 4.79 Å². The molecule has 0 aliphatic rings. The highest BCUT2D eigenvalue weighted by molar-refractivity contribution is 7.10. The summed E-state index contributed by atoms with van der Waals surface area (Å²) in [6.45, 7) is -0.227. The van der Waals surface area contributed by atoms with Crippen LogP contribution in [0.15, 0.2) is 84.2 Å². The van der Waals surface area contributed by atoms with Crippen molar-refractivity contribution in [1.82, 2.24) is 4.98 Å². The van der Waals surface area contributed by atoms with Crippen LogP contribution in [0.2, 0.25) is 0 Å². The molecule has 1 unspecified atom stereocenters. The highest BCUT2D eigenvalue weighted by atomic mass is 32.1. The Balaban J connectivity index is 1.45. The lowest BCUT2D eigenvalue weighted by Crippen LogP contribution is -2.19. The highest BCUT2D eigenvalue weighted by Crippen LogP contribution is 2.28. The summed E-state index contributed by atoms with van der Waals surface area (Å²) in [4.78, 5) is 17.2. The third-order valence-electron chi connectivity index (χ3n) is 4.94. The molecule has 0 aliphatic carbocycles. The van der Waals surface area contributed by atoms with E-state index in [0.717, 1.165) is 16.7 Å². The van der Waals surface area contributed by atoms with Gasteiger partial charge in [0, 0.05) is 17.4 Å². The van der Waals surface area contributed by atoms with E-state index in [0.29, 0.717) is 22.9 Å². The molecular formula is C26H19FN2O2S. The summed E-state index contributed by atoms with van der Waals surface area (Å²) < 4.78 is 19.0. The molecule has 0 aliphatic heterocycles. The van der Waals surface area contributed by atoms with Gasteiger partial charge in [-0.2, -0.15) is 5.26 Å². The Hall–Kier alpha value is -3.82. The monoisotopic (exact) mass is 442 g/mol. The average molecular weight is 443 g/mol. The van der Waals surface area contributed by atoms with E-state index in [1.807, 2.05) is 60.7 Å². The van der Waals surface area contributed by atoms with Gasteiger partial charge < -0.3 is 4.74 Å². The van der Waals surface area contributed by atoms with Gasteiger partial charge in [-0.15, -0.1) is 11.3 Å². The second-order valence-corrected chi connectivity index (χ2v) is 8.05. The lowest BCUT2D eigenvalue weighted by Gasteiger charge is -2.12. The van der Waals surface area contributed by atoms with Crippen LogP contribution in [-0.2, 0) is 11.2 Å². The summed E-state index contributed by atoms with van der Waals surface area (Å²) >= 11 is 1.23. The fourth-order valence-electron chi connectivity index (χ4n) is 3.28. The van der Waals surface area contributed by atoms with Gasteiger partial charge >= 0.3 is 0 Å². The minimum atomic E-state index is -1.02. The van der Waals surface area contributed by atoms with Gasteiger partial charge in [0.25, 0.3) is 0 Å². The number of hydrogen-bond acceptors (Lipinski definition) is 5. The first-order chi connectivity index (χ1) is 15.6. The van der Waals surface area contributed by atoms with E-state index in [1.165, 1.54) is 23.5 Å². The standard InChI is InChI=1S/C26H19FN2O2S/c27-21-12-10-19(11-13-21)23-17-32-26(29-23)22(15-28)24(30)16-31-25-9-5-4-8-20(25)14-18-6-2-1-3-7-18/h1-13,17,22H,14,16H2. The number of para-hydroxylation sites is 1. The quantitative estimate of drug-likeness (QED) is 0.346. The number of aromatic nitrogens is 1. The molecule has 4 rings (SSSR count). The van der Waals surface area contributed by atoms with Crippen molar-refractivity contribution in [3.05, 3.63) is 106 Å². The molecule has 1 aromatic heterocycles. The predicted octanol–water partition coefficient (Wildman–Crippen LogP) is 5.80. The van der Waals surface area contributed by atoms with Crippen molar-refractivity contribution in [2.75, 3.05) is 6.61 Å². The van der Waals surface area contributed by atoms with Gasteiger partial charge in [-0.1, -0.05) is 48.5 Å². The molecule has 3 aromatic carbocycles. The van der Waals surface area contributed by atoms with Gasteiger partial charge in [-0.05, 0) is 41.5 Å². The zero-order valence-corrected chi connectivity index (χ0v) is 17.9. The zero-order chi connectivity index (χ0) is 22.3. The van der Waals surface area contributed by atoms with Crippen molar-refractivity contribution in [2.45, 2.75) is 12.3 Å². The van der Waals surface area contributed by atoms with Gasteiger partial charge in [0.05, 0.1) is 11.8 Å². The molecule has 0 N–H and O–H groups in total. The smallest absolute Gasteiger partial charge is 0.194 e. The number of halogens is 1. The van der Waals surface area contributed by atoms with Gasteiger partial charge in [0.1, 0.15) is 23.2 Å². The molecule has 4 aromatic rings. The fourth-order valence-corrected chi connectivity index (χ4v) is 4.17. The number of nitriles is 1. The van der Waals surface area contributed by atoms with Crippen molar-refractivity contribution in [1.29, 1.82) is 5.26 Å². The minimum absolute atomic E-state index is 0.227. The van der Waals surface area contributed by atoms with E-state index < -0.39 is 5.92 Å². The molecule has 0 fully saturated rings. The second-order valence-electron chi connectivity index (χ2n) is 7.17. The lowest BCUT2D eigenvalue weighted by atomic mass is 10.0. The Morgan fingerprint density at radius 1 is 1.03 bits per heavy atom. The number of ketones is 1. The van der Waals surface area contributed by atoms with Crippen molar-refractivity contribution in [3.8, 4) is 23.1 Å². The van der Waals surface area contributed by atoms with Crippen LogP contribution in [0.3, 0.4) is 0 Å². The van der Waals surface area contributed by atoms with Crippen LogP contribution < -0.4 is 4.74 Å². The largest absolute Gasteiger partial charge is 0.485 e. The first-order valence-electron chi connectivity index (χ1n) is 10.0. The van der Waals surface area contributed by atoms with Crippen LogP contribution in [0, 0.1) is 17.1 Å². The zero-order valence-electron chi connectivity index (χ0n) is 17.1. The number of benzene rings is 3. The Bertz CT molecular complexity index is 1250. The van der Waals surface area contributed by atoms with E-state index in [1.54, 1.807) is 17.5 Å². The van der Waals surface area contributed by atoms with Crippen molar-refractivity contribution < 1.29 is 13.9 Å². The van der Waals surface area contributed by atoms with E-state index >= 15 is 0 Å². The third-order valence-corrected chi connectivity index (χ3v) is 5.85. The maximum Gasteiger partial charge on any atom is 0.194 e. The number of ether oxygens (including phenoxy) is 1. The van der Waals surface area contributed by atoms with Crippen LogP contribution in [0.5, 0.6) is 5.75 Å². The second kappa shape index (κ2) is 9.99.